The molecule has 0 radical (unpaired) electrons. The van der Waals surface area contributed by atoms with E-state index in [2.05, 4.69) is 30.8 Å². The Hall–Kier alpha value is -1.12. The van der Waals surface area contributed by atoms with Gasteiger partial charge in [0.2, 0.25) is 0 Å². The highest BCUT2D eigenvalue weighted by Crippen LogP contribution is 2.15. The maximum Gasteiger partial charge on any atom is 0.158 e. The Balaban J connectivity index is 1.63. The van der Waals surface area contributed by atoms with Crippen molar-refractivity contribution < 1.29 is 9.47 Å². The Morgan fingerprint density at radius 3 is 2.83 bits per heavy atom. The molecule has 2 heteroatoms. The van der Waals surface area contributed by atoms with Gasteiger partial charge in [0, 0.05) is 6.61 Å². The smallest absolute Gasteiger partial charge is 0.158 e. The second-order valence-corrected chi connectivity index (χ2v) is 4.84. The van der Waals surface area contributed by atoms with E-state index in [0.29, 0.717) is 6.61 Å². The molecule has 1 aromatic carbocycles. The lowest BCUT2D eigenvalue weighted by Crippen LogP contribution is -2.23. The number of hydrogen-bond acceptors (Lipinski definition) is 2. The maximum absolute atomic E-state index is 5.71. The van der Waals surface area contributed by atoms with Crippen LogP contribution in [0.1, 0.15) is 31.2 Å². The minimum absolute atomic E-state index is 0.00720. The minimum Gasteiger partial charge on any atom is -0.353 e. The molecule has 0 amide bonds. The lowest BCUT2D eigenvalue weighted by Gasteiger charge is -2.23. The molecule has 1 atom stereocenters. The van der Waals surface area contributed by atoms with E-state index in [1.54, 1.807) is 0 Å². The molecule has 0 spiro atoms. The first kappa shape index (κ1) is 13.3. The summed E-state index contributed by atoms with van der Waals surface area (Å²) in [7, 11) is 0. The van der Waals surface area contributed by atoms with E-state index in [1.165, 1.54) is 12.0 Å². The quantitative estimate of drug-likeness (QED) is 0.712. The second-order valence-electron chi connectivity index (χ2n) is 4.84. The molecule has 0 bridgehead atoms. The van der Waals surface area contributed by atoms with Crippen LogP contribution in [0.5, 0.6) is 0 Å². The van der Waals surface area contributed by atoms with Crippen molar-refractivity contribution in [3.05, 3.63) is 48.0 Å². The Bertz CT molecular complexity index is 353. The average molecular weight is 246 g/mol. The molecule has 0 N–H and O–H groups in total. The predicted molar refractivity (Wildman–Crippen MR) is 73.4 cm³/mol. The molecule has 2 nitrogen and oxygen atoms in total. The summed E-state index contributed by atoms with van der Waals surface area (Å²) < 4.78 is 11.2. The van der Waals surface area contributed by atoms with Gasteiger partial charge in [-0.15, -0.1) is 0 Å². The number of aryl methyl sites for hydroxylation is 1. The summed E-state index contributed by atoms with van der Waals surface area (Å²) >= 11 is 0. The van der Waals surface area contributed by atoms with Crippen molar-refractivity contribution in [2.45, 2.75) is 38.4 Å². The van der Waals surface area contributed by atoms with Crippen LogP contribution in [0.4, 0.5) is 0 Å². The molecular formula is C16H22O2. The molecule has 1 heterocycles. The molecule has 1 saturated heterocycles. The van der Waals surface area contributed by atoms with Gasteiger partial charge in [0.1, 0.15) is 0 Å². The number of hydrogen-bond donors (Lipinski definition) is 0. The first-order chi connectivity index (χ1) is 8.84. The standard InChI is InChI=1S/C16H22O2/c1-14(10-11-15-7-3-2-4-8-15)13-18-16-9-5-6-12-17-16/h2-4,7-8,16H,1,5-6,9-13H2. The third kappa shape index (κ3) is 4.63. The van der Waals surface area contributed by atoms with Crippen molar-refractivity contribution in [1.82, 2.24) is 0 Å². The van der Waals surface area contributed by atoms with Crippen molar-refractivity contribution in [2.24, 2.45) is 0 Å². The second kappa shape index (κ2) is 7.34. The van der Waals surface area contributed by atoms with Gasteiger partial charge in [-0.05, 0) is 37.7 Å². The fourth-order valence-corrected chi connectivity index (χ4v) is 2.09. The maximum atomic E-state index is 5.71. The van der Waals surface area contributed by atoms with Crippen LogP contribution in [0.25, 0.3) is 0 Å². The molecule has 0 aromatic heterocycles. The minimum atomic E-state index is -0.00720. The molecule has 98 valence electrons. The highest BCUT2D eigenvalue weighted by molar-refractivity contribution is 5.16. The Kier molecular flexibility index (Phi) is 5.43. The van der Waals surface area contributed by atoms with Crippen LogP contribution in [0.15, 0.2) is 42.5 Å². The van der Waals surface area contributed by atoms with Gasteiger partial charge >= 0.3 is 0 Å². The summed E-state index contributed by atoms with van der Waals surface area (Å²) in [4.78, 5) is 0. The predicted octanol–water partition coefficient (Wildman–Crippen LogP) is 3.72. The zero-order valence-electron chi connectivity index (χ0n) is 10.9. The lowest BCUT2D eigenvalue weighted by atomic mass is 10.1. The molecular weight excluding hydrogens is 224 g/mol. The van der Waals surface area contributed by atoms with Crippen LogP contribution >= 0.6 is 0 Å². The summed E-state index contributed by atoms with van der Waals surface area (Å²) in [6, 6.07) is 10.5. The topological polar surface area (TPSA) is 18.5 Å². The fourth-order valence-electron chi connectivity index (χ4n) is 2.09. The highest BCUT2D eigenvalue weighted by Gasteiger charge is 2.13. The average Bonchev–Trinajstić information content (AvgIpc) is 2.45. The van der Waals surface area contributed by atoms with Crippen LogP contribution in [-0.4, -0.2) is 19.5 Å². The summed E-state index contributed by atoms with van der Waals surface area (Å²) in [5, 5.41) is 0. The van der Waals surface area contributed by atoms with Crippen molar-refractivity contribution in [2.75, 3.05) is 13.2 Å². The van der Waals surface area contributed by atoms with Crippen LogP contribution < -0.4 is 0 Å². The Morgan fingerprint density at radius 2 is 2.11 bits per heavy atom. The summed E-state index contributed by atoms with van der Waals surface area (Å²) in [6.07, 6.45) is 5.40. The lowest BCUT2D eigenvalue weighted by molar-refractivity contribution is -0.157. The first-order valence-electron chi connectivity index (χ1n) is 6.78. The van der Waals surface area contributed by atoms with Crippen LogP contribution in [0, 0.1) is 0 Å². The monoisotopic (exact) mass is 246 g/mol. The van der Waals surface area contributed by atoms with E-state index >= 15 is 0 Å². The Morgan fingerprint density at radius 1 is 1.28 bits per heavy atom. The van der Waals surface area contributed by atoms with E-state index in [-0.39, 0.29) is 6.29 Å². The fraction of sp³-hybridized carbons (Fsp3) is 0.500. The van der Waals surface area contributed by atoms with Crippen LogP contribution in [0.2, 0.25) is 0 Å². The molecule has 1 fully saturated rings. The van der Waals surface area contributed by atoms with Crippen molar-refractivity contribution in [3.63, 3.8) is 0 Å². The molecule has 1 unspecified atom stereocenters. The molecule has 0 aliphatic carbocycles. The van der Waals surface area contributed by atoms with Crippen LogP contribution in [0.3, 0.4) is 0 Å². The molecule has 2 rings (SSSR count). The summed E-state index contributed by atoms with van der Waals surface area (Å²) in [5.74, 6) is 0. The van der Waals surface area contributed by atoms with E-state index in [9.17, 15) is 0 Å². The molecule has 1 aromatic rings. The largest absolute Gasteiger partial charge is 0.353 e. The van der Waals surface area contributed by atoms with E-state index in [4.69, 9.17) is 9.47 Å². The van der Waals surface area contributed by atoms with Gasteiger partial charge in [0.25, 0.3) is 0 Å². The van der Waals surface area contributed by atoms with Gasteiger partial charge in [0.15, 0.2) is 6.29 Å². The first-order valence-corrected chi connectivity index (χ1v) is 6.78. The van der Waals surface area contributed by atoms with Gasteiger partial charge < -0.3 is 9.47 Å². The Labute approximate surface area is 110 Å². The normalized spacial score (nSPS) is 19.7. The zero-order chi connectivity index (χ0) is 12.6. The van der Waals surface area contributed by atoms with Crippen molar-refractivity contribution >= 4 is 0 Å². The molecule has 1 aliphatic rings. The van der Waals surface area contributed by atoms with Gasteiger partial charge in [-0.3, -0.25) is 0 Å². The molecule has 18 heavy (non-hydrogen) atoms. The van der Waals surface area contributed by atoms with Crippen molar-refractivity contribution in [3.8, 4) is 0 Å². The number of ether oxygens (including phenoxy) is 2. The third-order valence-corrected chi connectivity index (χ3v) is 3.22. The molecule has 0 saturated carbocycles. The van der Waals surface area contributed by atoms with Gasteiger partial charge in [0.05, 0.1) is 6.61 Å². The van der Waals surface area contributed by atoms with E-state index in [1.807, 2.05) is 6.07 Å². The van der Waals surface area contributed by atoms with Gasteiger partial charge in [-0.1, -0.05) is 42.5 Å². The summed E-state index contributed by atoms with van der Waals surface area (Å²) in [5.41, 5.74) is 2.50. The van der Waals surface area contributed by atoms with Crippen LogP contribution in [-0.2, 0) is 15.9 Å². The molecule has 1 aliphatic heterocycles. The SMILES string of the molecule is C=C(CCc1ccccc1)COC1CCCCO1. The van der Waals surface area contributed by atoms with E-state index in [0.717, 1.165) is 37.9 Å². The zero-order valence-corrected chi connectivity index (χ0v) is 10.9. The van der Waals surface area contributed by atoms with Crippen molar-refractivity contribution in [1.29, 1.82) is 0 Å². The number of rotatable bonds is 6. The third-order valence-electron chi connectivity index (χ3n) is 3.22. The van der Waals surface area contributed by atoms with Gasteiger partial charge in [-0.25, -0.2) is 0 Å². The number of benzene rings is 1. The van der Waals surface area contributed by atoms with Gasteiger partial charge in [-0.2, -0.15) is 0 Å². The van der Waals surface area contributed by atoms with E-state index < -0.39 is 0 Å². The highest BCUT2D eigenvalue weighted by atomic mass is 16.7. The summed E-state index contributed by atoms with van der Waals surface area (Å²) in [6.45, 7) is 5.53.